The van der Waals surface area contributed by atoms with Crippen molar-refractivity contribution in [1.82, 2.24) is 4.98 Å². The number of hydrogen-bond donors (Lipinski definition) is 1. The highest BCUT2D eigenvalue weighted by Gasteiger charge is 2.12. The number of fused-ring (bicyclic) bond motifs is 1. The molecule has 68 valence electrons. The molecule has 13 heavy (non-hydrogen) atoms. The average Bonchev–Trinajstić information content (AvgIpc) is 2.44. The van der Waals surface area contributed by atoms with Crippen LogP contribution in [0.2, 0.25) is 0 Å². The molecule has 0 aliphatic carbocycles. The normalized spacial score (nSPS) is 11.0. The van der Waals surface area contributed by atoms with Gasteiger partial charge in [0, 0.05) is 11.6 Å². The fraction of sp³-hybridized carbons (Fsp3) is 0.125. The molecule has 2 aromatic rings. The predicted molar refractivity (Wildman–Crippen MR) is 48.7 cm³/mol. The van der Waals surface area contributed by atoms with Crippen molar-refractivity contribution < 1.29 is 8.78 Å². The van der Waals surface area contributed by atoms with E-state index in [9.17, 15) is 8.78 Å². The van der Waals surface area contributed by atoms with E-state index in [1.165, 1.54) is 0 Å². The molecule has 5 heteroatoms. The molecule has 0 saturated carbocycles. The Kier molecular flexibility index (Phi) is 1.69. The summed E-state index contributed by atoms with van der Waals surface area (Å²) in [6.07, 6.45) is 0. The second-order valence-corrected chi connectivity index (χ2v) is 3.73. The maximum absolute atomic E-state index is 13.1. The van der Waals surface area contributed by atoms with Gasteiger partial charge in [0.2, 0.25) is 0 Å². The summed E-state index contributed by atoms with van der Waals surface area (Å²) < 4.78 is 26.6. The molecule has 0 radical (unpaired) electrons. The van der Waals surface area contributed by atoms with E-state index in [0.717, 1.165) is 17.4 Å². The number of benzene rings is 1. The number of aromatic nitrogens is 1. The quantitative estimate of drug-likeness (QED) is 0.709. The van der Waals surface area contributed by atoms with E-state index in [0.29, 0.717) is 10.3 Å². The van der Waals surface area contributed by atoms with Gasteiger partial charge in [-0.15, -0.1) is 0 Å². The highest BCUT2D eigenvalue weighted by Crippen LogP contribution is 2.30. The first-order valence-electron chi connectivity index (χ1n) is 3.60. The van der Waals surface area contributed by atoms with Gasteiger partial charge in [0.1, 0.15) is 11.3 Å². The number of nitrogens with zero attached hydrogens (tertiary/aromatic N) is 1. The van der Waals surface area contributed by atoms with Gasteiger partial charge in [0.05, 0.1) is 4.70 Å². The predicted octanol–water partition coefficient (Wildman–Crippen LogP) is 2.47. The Morgan fingerprint density at radius 2 is 2.08 bits per heavy atom. The number of halogens is 2. The second-order valence-electron chi connectivity index (χ2n) is 2.70. The van der Waals surface area contributed by atoms with Crippen LogP contribution >= 0.6 is 11.3 Å². The monoisotopic (exact) mass is 200 g/mol. The Labute approximate surface area is 77.0 Å². The third kappa shape index (κ3) is 1.16. The maximum Gasteiger partial charge on any atom is 0.181 e. The largest absolute Gasteiger partial charge is 0.375 e. The Morgan fingerprint density at radius 1 is 1.38 bits per heavy atom. The fourth-order valence-electron chi connectivity index (χ4n) is 1.15. The van der Waals surface area contributed by atoms with Gasteiger partial charge in [-0.25, -0.2) is 13.8 Å². The molecule has 0 saturated heterocycles. The number of aryl methyl sites for hydroxylation is 1. The molecule has 0 bridgehead atoms. The molecule has 0 fully saturated rings. The van der Waals surface area contributed by atoms with E-state index < -0.39 is 11.6 Å². The van der Waals surface area contributed by atoms with Crippen molar-refractivity contribution in [3.63, 3.8) is 0 Å². The van der Waals surface area contributed by atoms with Crippen LogP contribution in [0.25, 0.3) is 10.2 Å². The van der Waals surface area contributed by atoms with E-state index >= 15 is 0 Å². The third-order valence-corrected chi connectivity index (χ3v) is 2.83. The zero-order chi connectivity index (χ0) is 9.59. The van der Waals surface area contributed by atoms with Crippen LogP contribution in [0.1, 0.15) is 5.56 Å². The first kappa shape index (κ1) is 8.37. The first-order chi connectivity index (χ1) is 6.09. The molecule has 0 aliphatic heterocycles. The number of nitrogen functional groups attached to an aromatic ring is 1. The number of hydrogen-bond acceptors (Lipinski definition) is 3. The molecule has 0 unspecified atom stereocenters. The van der Waals surface area contributed by atoms with Crippen LogP contribution in [0.15, 0.2) is 6.07 Å². The van der Waals surface area contributed by atoms with Crippen molar-refractivity contribution in [2.75, 3.05) is 5.73 Å². The minimum atomic E-state index is -0.661. The molecule has 1 heterocycles. The van der Waals surface area contributed by atoms with Crippen LogP contribution in [0, 0.1) is 18.6 Å². The molecule has 0 aliphatic rings. The standard InChI is InChI=1S/C8H6F2N2S/c1-3-4(9)2-5(10)6-7(3)13-8(11)12-6/h2H,1H3,(H2,11,12). The lowest BCUT2D eigenvalue weighted by atomic mass is 10.2. The Hall–Kier alpha value is -1.23. The van der Waals surface area contributed by atoms with Crippen molar-refractivity contribution >= 4 is 26.7 Å². The van der Waals surface area contributed by atoms with Gasteiger partial charge in [0.25, 0.3) is 0 Å². The Balaban J connectivity index is 2.95. The summed E-state index contributed by atoms with van der Waals surface area (Å²) >= 11 is 1.09. The molecule has 2 N–H and O–H groups in total. The summed E-state index contributed by atoms with van der Waals surface area (Å²) in [6, 6.07) is 0.830. The Bertz CT molecular complexity index is 478. The van der Waals surface area contributed by atoms with Gasteiger partial charge in [0.15, 0.2) is 10.9 Å². The number of thiazole rings is 1. The highest BCUT2D eigenvalue weighted by atomic mass is 32.1. The minimum Gasteiger partial charge on any atom is -0.375 e. The van der Waals surface area contributed by atoms with Gasteiger partial charge in [-0.1, -0.05) is 11.3 Å². The van der Waals surface area contributed by atoms with Gasteiger partial charge in [-0.2, -0.15) is 0 Å². The molecule has 0 atom stereocenters. The molecule has 2 rings (SSSR count). The number of anilines is 1. The van der Waals surface area contributed by atoms with Gasteiger partial charge < -0.3 is 5.73 Å². The smallest absolute Gasteiger partial charge is 0.181 e. The fourth-order valence-corrected chi connectivity index (χ4v) is 1.99. The molecule has 0 amide bonds. The van der Waals surface area contributed by atoms with Crippen molar-refractivity contribution in [3.8, 4) is 0 Å². The highest BCUT2D eigenvalue weighted by molar-refractivity contribution is 7.22. The topological polar surface area (TPSA) is 38.9 Å². The maximum atomic E-state index is 13.1. The van der Waals surface area contributed by atoms with Gasteiger partial charge >= 0.3 is 0 Å². The van der Waals surface area contributed by atoms with Crippen LogP contribution < -0.4 is 5.73 Å². The van der Waals surface area contributed by atoms with Crippen molar-refractivity contribution in [2.24, 2.45) is 0 Å². The van der Waals surface area contributed by atoms with Crippen LogP contribution in [0.4, 0.5) is 13.9 Å². The third-order valence-electron chi connectivity index (χ3n) is 1.82. The summed E-state index contributed by atoms with van der Waals surface area (Å²) in [5.41, 5.74) is 5.94. The Morgan fingerprint density at radius 3 is 2.77 bits per heavy atom. The van der Waals surface area contributed by atoms with Crippen molar-refractivity contribution in [2.45, 2.75) is 6.92 Å². The van der Waals surface area contributed by atoms with Gasteiger partial charge in [-0.3, -0.25) is 0 Å². The van der Waals surface area contributed by atoms with E-state index in [-0.39, 0.29) is 10.6 Å². The number of rotatable bonds is 0. The van der Waals surface area contributed by atoms with Crippen molar-refractivity contribution in [1.29, 1.82) is 0 Å². The second kappa shape index (κ2) is 2.63. The van der Waals surface area contributed by atoms with Crippen LogP contribution in [0.5, 0.6) is 0 Å². The van der Waals surface area contributed by atoms with Crippen LogP contribution in [-0.4, -0.2) is 4.98 Å². The van der Waals surface area contributed by atoms with Gasteiger partial charge in [-0.05, 0) is 6.92 Å². The lowest BCUT2D eigenvalue weighted by molar-refractivity contribution is 0.585. The van der Waals surface area contributed by atoms with E-state index in [1.807, 2.05) is 0 Å². The molecular weight excluding hydrogens is 194 g/mol. The van der Waals surface area contributed by atoms with Crippen molar-refractivity contribution in [3.05, 3.63) is 23.3 Å². The van der Waals surface area contributed by atoms with E-state index in [4.69, 9.17) is 5.73 Å². The van der Waals surface area contributed by atoms with E-state index in [1.54, 1.807) is 6.92 Å². The molecular formula is C8H6F2N2S. The lowest BCUT2D eigenvalue weighted by Crippen LogP contribution is -1.87. The summed E-state index contributed by atoms with van der Waals surface area (Å²) in [5, 5.41) is 0.252. The zero-order valence-corrected chi connectivity index (χ0v) is 7.58. The first-order valence-corrected chi connectivity index (χ1v) is 4.42. The average molecular weight is 200 g/mol. The molecule has 1 aromatic heterocycles. The SMILES string of the molecule is Cc1c(F)cc(F)c2nc(N)sc12. The summed E-state index contributed by atoms with van der Waals surface area (Å²) in [5.74, 6) is -1.22. The van der Waals surface area contributed by atoms with Crippen LogP contribution in [0.3, 0.4) is 0 Å². The molecule has 1 aromatic carbocycles. The summed E-state index contributed by atoms with van der Waals surface area (Å²) in [7, 11) is 0. The number of nitrogens with two attached hydrogens (primary N) is 1. The summed E-state index contributed by atoms with van der Waals surface area (Å²) in [4.78, 5) is 3.77. The zero-order valence-electron chi connectivity index (χ0n) is 6.77. The summed E-state index contributed by atoms with van der Waals surface area (Å²) in [6.45, 7) is 1.58. The lowest BCUT2D eigenvalue weighted by Gasteiger charge is -1.97. The van der Waals surface area contributed by atoms with Crippen LogP contribution in [-0.2, 0) is 0 Å². The molecule has 2 nitrogen and oxygen atoms in total. The molecule has 0 spiro atoms. The minimum absolute atomic E-state index is 0.154. The van der Waals surface area contributed by atoms with E-state index in [2.05, 4.69) is 4.98 Å².